The zero-order valence-corrected chi connectivity index (χ0v) is 10.4. The van der Waals surface area contributed by atoms with Gasteiger partial charge in [0.2, 0.25) is 5.91 Å². The van der Waals surface area contributed by atoms with Crippen LogP contribution in [0.3, 0.4) is 0 Å². The van der Waals surface area contributed by atoms with Crippen molar-refractivity contribution in [1.29, 1.82) is 0 Å². The van der Waals surface area contributed by atoms with E-state index in [1.807, 2.05) is 30.3 Å². The molecular weight excluding hydrogens is 248 g/mol. The fourth-order valence-corrected chi connectivity index (χ4v) is 1.84. The number of anilines is 1. The highest BCUT2D eigenvalue weighted by Gasteiger charge is 2.05. The molecule has 0 spiro atoms. The van der Waals surface area contributed by atoms with Gasteiger partial charge in [-0.2, -0.15) is 0 Å². The molecule has 3 nitrogen and oxygen atoms in total. The van der Waals surface area contributed by atoms with Gasteiger partial charge in [0, 0.05) is 22.8 Å². The van der Waals surface area contributed by atoms with Gasteiger partial charge in [-0.05, 0) is 29.8 Å². The summed E-state index contributed by atoms with van der Waals surface area (Å²) in [5, 5.41) is 3.79. The molecule has 0 saturated heterocycles. The van der Waals surface area contributed by atoms with Gasteiger partial charge in [-0.1, -0.05) is 35.9 Å². The molecular formula is C14H13ClN2O. The quantitative estimate of drug-likeness (QED) is 0.888. The Balaban J connectivity index is 2.08. The van der Waals surface area contributed by atoms with E-state index in [2.05, 4.69) is 5.32 Å². The van der Waals surface area contributed by atoms with E-state index in [0.717, 1.165) is 11.3 Å². The van der Waals surface area contributed by atoms with Crippen molar-refractivity contribution in [3.63, 3.8) is 0 Å². The third-order valence-corrected chi connectivity index (χ3v) is 2.95. The van der Waals surface area contributed by atoms with Gasteiger partial charge in [0.1, 0.15) is 0 Å². The van der Waals surface area contributed by atoms with E-state index in [9.17, 15) is 4.79 Å². The second kappa shape index (κ2) is 5.56. The molecule has 0 aliphatic carbocycles. The second-order valence-corrected chi connectivity index (χ2v) is 4.30. The zero-order valence-electron chi connectivity index (χ0n) is 9.69. The van der Waals surface area contributed by atoms with Crippen LogP contribution < -0.4 is 11.1 Å². The number of benzene rings is 2. The first-order chi connectivity index (χ1) is 8.66. The summed E-state index contributed by atoms with van der Waals surface area (Å²) in [7, 11) is 0. The number of carbonyl (C=O) groups excluding carboxylic acids is 1. The third-order valence-electron chi connectivity index (χ3n) is 2.59. The molecule has 0 heterocycles. The molecule has 0 aliphatic rings. The number of carbonyl (C=O) groups is 1. The van der Waals surface area contributed by atoms with Gasteiger partial charge in [-0.25, -0.2) is 0 Å². The molecule has 0 radical (unpaired) electrons. The maximum atomic E-state index is 11.0. The van der Waals surface area contributed by atoms with Gasteiger partial charge < -0.3 is 11.1 Å². The van der Waals surface area contributed by atoms with Crippen LogP contribution in [0.25, 0.3) is 0 Å². The Morgan fingerprint density at radius 1 is 1.17 bits per heavy atom. The molecule has 0 fully saturated rings. The Hall–Kier alpha value is -2.00. The van der Waals surface area contributed by atoms with Crippen LogP contribution >= 0.6 is 11.6 Å². The van der Waals surface area contributed by atoms with Crippen LogP contribution in [0.1, 0.15) is 15.9 Å². The first-order valence-electron chi connectivity index (χ1n) is 5.54. The van der Waals surface area contributed by atoms with Gasteiger partial charge in [0.15, 0.2) is 0 Å². The number of halogens is 1. The molecule has 0 aromatic heterocycles. The molecule has 2 aromatic carbocycles. The molecule has 0 unspecified atom stereocenters. The van der Waals surface area contributed by atoms with Gasteiger partial charge in [-0.3, -0.25) is 4.79 Å². The lowest BCUT2D eigenvalue weighted by Gasteiger charge is -2.08. The van der Waals surface area contributed by atoms with Crippen LogP contribution in [-0.4, -0.2) is 5.91 Å². The number of primary amides is 1. The lowest BCUT2D eigenvalue weighted by Crippen LogP contribution is -2.11. The molecule has 0 bridgehead atoms. The number of hydrogen-bond acceptors (Lipinski definition) is 2. The first-order valence-corrected chi connectivity index (χ1v) is 5.92. The summed E-state index contributed by atoms with van der Waals surface area (Å²) >= 11 is 6.09. The van der Waals surface area contributed by atoms with Crippen molar-refractivity contribution >= 4 is 23.2 Å². The van der Waals surface area contributed by atoms with Crippen molar-refractivity contribution in [3.8, 4) is 0 Å². The highest BCUT2D eigenvalue weighted by atomic mass is 35.5. The van der Waals surface area contributed by atoms with Crippen molar-refractivity contribution in [2.75, 3.05) is 5.32 Å². The summed E-state index contributed by atoms with van der Waals surface area (Å²) in [6, 6.07) is 14.9. The van der Waals surface area contributed by atoms with Crippen LogP contribution in [-0.2, 0) is 6.54 Å². The summed E-state index contributed by atoms with van der Waals surface area (Å²) < 4.78 is 0. The average Bonchev–Trinajstić information content (AvgIpc) is 2.38. The maximum Gasteiger partial charge on any atom is 0.248 e. The number of nitrogens with two attached hydrogens (primary N) is 1. The molecule has 92 valence electrons. The SMILES string of the molecule is NC(=O)c1ccc(CNc2ccccc2)c(Cl)c1. The van der Waals surface area contributed by atoms with E-state index in [-0.39, 0.29) is 0 Å². The molecule has 0 atom stereocenters. The molecule has 0 saturated carbocycles. The Kier molecular flexibility index (Phi) is 3.85. The Bertz CT molecular complexity index is 555. The monoisotopic (exact) mass is 260 g/mol. The standard InChI is InChI=1S/C14H13ClN2O/c15-13-8-10(14(16)18)6-7-11(13)9-17-12-4-2-1-3-5-12/h1-8,17H,9H2,(H2,16,18). The van der Waals surface area contributed by atoms with E-state index < -0.39 is 5.91 Å². The fraction of sp³-hybridized carbons (Fsp3) is 0.0714. The van der Waals surface area contributed by atoms with E-state index in [4.69, 9.17) is 17.3 Å². The van der Waals surface area contributed by atoms with E-state index in [1.54, 1.807) is 18.2 Å². The first kappa shape index (κ1) is 12.5. The van der Waals surface area contributed by atoms with Crippen molar-refractivity contribution in [2.24, 2.45) is 5.73 Å². The molecule has 18 heavy (non-hydrogen) atoms. The number of rotatable bonds is 4. The lowest BCUT2D eigenvalue weighted by atomic mass is 10.1. The normalized spacial score (nSPS) is 10.1. The van der Waals surface area contributed by atoms with Gasteiger partial charge in [0.05, 0.1) is 0 Å². The third kappa shape index (κ3) is 3.02. The molecule has 2 aromatic rings. The summed E-state index contributed by atoms with van der Waals surface area (Å²) in [5.74, 6) is -0.473. The van der Waals surface area contributed by atoms with E-state index in [1.165, 1.54) is 0 Å². The van der Waals surface area contributed by atoms with E-state index in [0.29, 0.717) is 17.1 Å². The minimum Gasteiger partial charge on any atom is -0.381 e. The number of para-hydroxylation sites is 1. The highest BCUT2D eigenvalue weighted by Crippen LogP contribution is 2.19. The van der Waals surface area contributed by atoms with Crippen molar-refractivity contribution in [1.82, 2.24) is 0 Å². The smallest absolute Gasteiger partial charge is 0.248 e. The zero-order chi connectivity index (χ0) is 13.0. The summed E-state index contributed by atoms with van der Waals surface area (Å²) in [4.78, 5) is 11.0. The van der Waals surface area contributed by atoms with Crippen molar-refractivity contribution < 1.29 is 4.79 Å². The predicted octanol–water partition coefficient (Wildman–Crippen LogP) is 3.05. The molecule has 4 heteroatoms. The van der Waals surface area contributed by atoms with E-state index >= 15 is 0 Å². The van der Waals surface area contributed by atoms with Crippen LogP contribution in [0.4, 0.5) is 5.69 Å². The second-order valence-electron chi connectivity index (χ2n) is 3.89. The van der Waals surface area contributed by atoms with Crippen molar-refractivity contribution in [2.45, 2.75) is 6.54 Å². The van der Waals surface area contributed by atoms with Gasteiger partial charge in [-0.15, -0.1) is 0 Å². The lowest BCUT2D eigenvalue weighted by molar-refractivity contribution is 0.100. The summed E-state index contributed by atoms with van der Waals surface area (Å²) in [6.45, 7) is 0.599. The van der Waals surface area contributed by atoms with Crippen molar-refractivity contribution in [3.05, 3.63) is 64.7 Å². The summed E-state index contributed by atoms with van der Waals surface area (Å²) in [5.41, 5.74) is 7.55. The number of hydrogen-bond donors (Lipinski definition) is 2. The highest BCUT2D eigenvalue weighted by molar-refractivity contribution is 6.31. The summed E-state index contributed by atoms with van der Waals surface area (Å²) in [6.07, 6.45) is 0. The van der Waals surface area contributed by atoms with Crippen LogP contribution in [0.2, 0.25) is 5.02 Å². The predicted molar refractivity (Wildman–Crippen MR) is 73.7 cm³/mol. The minimum atomic E-state index is -0.473. The maximum absolute atomic E-state index is 11.0. The Morgan fingerprint density at radius 3 is 2.50 bits per heavy atom. The molecule has 0 aliphatic heterocycles. The van der Waals surface area contributed by atoms with Crippen LogP contribution in [0.15, 0.2) is 48.5 Å². The Morgan fingerprint density at radius 2 is 1.89 bits per heavy atom. The number of amides is 1. The molecule has 3 N–H and O–H groups in total. The minimum absolute atomic E-state index is 0.420. The van der Waals surface area contributed by atoms with Gasteiger partial charge in [0.25, 0.3) is 0 Å². The number of nitrogens with one attached hydrogen (secondary N) is 1. The fourth-order valence-electron chi connectivity index (χ4n) is 1.60. The van der Waals surface area contributed by atoms with Gasteiger partial charge >= 0.3 is 0 Å². The average molecular weight is 261 g/mol. The molecule has 1 amide bonds. The topological polar surface area (TPSA) is 55.1 Å². The van der Waals surface area contributed by atoms with Crippen LogP contribution in [0.5, 0.6) is 0 Å². The largest absolute Gasteiger partial charge is 0.381 e. The van der Waals surface area contributed by atoms with Crippen LogP contribution in [0, 0.1) is 0 Å². The molecule has 2 rings (SSSR count). The Labute approximate surface area is 111 Å².